The Bertz CT molecular complexity index is 504. The molecule has 2 fully saturated rings. The van der Waals surface area contributed by atoms with Gasteiger partial charge in [0.25, 0.3) is 0 Å². The van der Waals surface area contributed by atoms with Gasteiger partial charge in [-0.2, -0.15) is 0 Å². The minimum absolute atomic E-state index is 0.269. The normalized spacial score (nSPS) is 21.3. The minimum Gasteiger partial charge on any atom is -0.490 e. The fraction of sp³-hybridized carbons (Fsp3) is 0.533. The Morgan fingerprint density at radius 1 is 1.32 bits per heavy atom. The number of rotatable bonds is 4. The zero-order valence-electron chi connectivity index (χ0n) is 10.7. The maximum atomic E-state index is 11.7. The van der Waals surface area contributed by atoms with Crippen LogP contribution < -0.4 is 4.74 Å². The fourth-order valence-corrected chi connectivity index (χ4v) is 3.14. The van der Waals surface area contributed by atoms with Crippen molar-refractivity contribution in [3.05, 3.63) is 28.2 Å². The van der Waals surface area contributed by atoms with Gasteiger partial charge in [0.2, 0.25) is 0 Å². The molecule has 1 N–H and O–H groups in total. The lowest BCUT2D eigenvalue weighted by molar-refractivity contribution is -0.147. The predicted octanol–water partition coefficient (Wildman–Crippen LogP) is 3.89. The third kappa shape index (κ3) is 2.16. The van der Waals surface area contributed by atoms with Crippen LogP contribution in [-0.4, -0.2) is 17.2 Å². The van der Waals surface area contributed by atoms with Crippen molar-refractivity contribution < 1.29 is 14.6 Å². The van der Waals surface area contributed by atoms with Crippen LogP contribution >= 0.6 is 15.9 Å². The Kier molecular flexibility index (Phi) is 3.29. The van der Waals surface area contributed by atoms with Crippen LogP contribution in [0.15, 0.2) is 22.7 Å². The molecule has 1 aromatic rings. The van der Waals surface area contributed by atoms with E-state index in [1.54, 1.807) is 0 Å². The van der Waals surface area contributed by atoms with Crippen molar-refractivity contribution in [3.63, 3.8) is 0 Å². The van der Waals surface area contributed by atoms with Crippen molar-refractivity contribution in [2.24, 2.45) is 0 Å². The predicted molar refractivity (Wildman–Crippen MR) is 75.6 cm³/mol. The molecule has 2 aliphatic rings. The molecule has 0 aliphatic heterocycles. The summed E-state index contributed by atoms with van der Waals surface area (Å²) in [4.78, 5) is 11.7. The monoisotopic (exact) mass is 324 g/mol. The highest BCUT2D eigenvalue weighted by molar-refractivity contribution is 9.10. The van der Waals surface area contributed by atoms with Crippen LogP contribution in [0.1, 0.15) is 44.1 Å². The number of aliphatic carboxylic acids is 1. The molecule has 0 saturated heterocycles. The van der Waals surface area contributed by atoms with E-state index in [0.29, 0.717) is 12.8 Å². The van der Waals surface area contributed by atoms with Gasteiger partial charge in [-0.15, -0.1) is 0 Å². The first-order chi connectivity index (χ1) is 9.12. The van der Waals surface area contributed by atoms with E-state index in [-0.39, 0.29) is 6.10 Å². The number of ether oxygens (including phenoxy) is 1. The standard InChI is InChI=1S/C15H17BrO3/c16-10-5-6-13(19-11-3-1-4-11)12(9-10)15(14(17)18)7-2-8-15/h5-6,9,11H,1-4,7-8H2,(H,17,18). The second-order valence-corrected chi connectivity index (χ2v) is 6.47. The molecule has 1 aromatic carbocycles. The molecule has 0 heterocycles. The second-order valence-electron chi connectivity index (χ2n) is 5.55. The third-order valence-corrected chi connectivity index (χ3v) is 4.91. The van der Waals surface area contributed by atoms with E-state index in [9.17, 15) is 9.90 Å². The smallest absolute Gasteiger partial charge is 0.314 e. The lowest BCUT2D eigenvalue weighted by atomic mass is 9.64. The average molecular weight is 325 g/mol. The first-order valence-corrected chi connectivity index (χ1v) is 7.61. The number of carboxylic acid groups (broad SMARTS) is 1. The van der Waals surface area contributed by atoms with Crippen molar-refractivity contribution >= 4 is 21.9 Å². The lowest BCUT2D eigenvalue weighted by Gasteiger charge is -2.40. The molecule has 0 spiro atoms. The highest BCUT2D eigenvalue weighted by atomic mass is 79.9. The first-order valence-electron chi connectivity index (χ1n) is 6.82. The number of halogens is 1. The Hall–Kier alpha value is -1.03. The first kappa shape index (κ1) is 13.0. The third-order valence-electron chi connectivity index (χ3n) is 4.42. The molecule has 0 radical (unpaired) electrons. The molecular formula is C15H17BrO3. The molecule has 2 saturated carbocycles. The van der Waals surface area contributed by atoms with Gasteiger partial charge in [-0.3, -0.25) is 4.79 Å². The largest absolute Gasteiger partial charge is 0.490 e. The molecule has 3 nitrogen and oxygen atoms in total. The van der Waals surface area contributed by atoms with Gasteiger partial charge in [0.15, 0.2) is 0 Å². The van der Waals surface area contributed by atoms with Crippen molar-refractivity contribution in [2.45, 2.75) is 50.0 Å². The summed E-state index contributed by atoms with van der Waals surface area (Å²) in [6.07, 6.45) is 6.03. The fourth-order valence-electron chi connectivity index (χ4n) is 2.78. The Balaban J connectivity index is 1.97. The maximum Gasteiger partial charge on any atom is 0.314 e. The number of carboxylic acids is 1. The molecule has 0 amide bonds. The van der Waals surface area contributed by atoms with E-state index >= 15 is 0 Å². The van der Waals surface area contributed by atoms with Gasteiger partial charge in [0.05, 0.1) is 11.5 Å². The van der Waals surface area contributed by atoms with Crippen LogP contribution in [0.25, 0.3) is 0 Å². The average Bonchev–Trinajstić information content (AvgIpc) is 2.23. The van der Waals surface area contributed by atoms with Crippen molar-refractivity contribution in [2.75, 3.05) is 0 Å². The quantitative estimate of drug-likeness (QED) is 0.914. The van der Waals surface area contributed by atoms with Gasteiger partial charge in [-0.1, -0.05) is 22.4 Å². The van der Waals surface area contributed by atoms with Crippen molar-refractivity contribution in [1.82, 2.24) is 0 Å². The van der Waals surface area contributed by atoms with E-state index in [4.69, 9.17) is 4.74 Å². The van der Waals surface area contributed by atoms with Crippen LogP contribution in [0, 0.1) is 0 Å². The zero-order valence-corrected chi connectivity index (χ0v) is 12.3. The highest BCUT2D eigenvalue weighted by Gasteiger charge is 2.48. The Labute approximate surface area is 121 Å². The van der Waals surface area contributed by atoms with E-state index in [1.807, 2.05) is 18.2 Å². The highest BCUT2D eigenvalue weighted by Crippen LogP contribution is 2.48. The summed E-state index contributed by atoms with van der Waals surface area (Å²) < 4.78 is 6.90. The Morgan fingerprint density at radius 2 is 2.05 bits per heavy atom. The topological polar surface area (TPSA) is 46.5 Å². The van der Waals surface area contributed by atoms with E-state index in [1.165, 1.54) is 6.42 Å². The summed E-state index contributed by atoms with van der Waals surface area (Å²) in [6.45, 7) is 0. The van der Waals surface area contributed by atoms with E-state index < -0.39 is 11.4 Å². The minimum atomic E-state index is -0.733. The molecule has 2 aliphatic carbocycles. The molecule has 102 valence electrons. The van der Waals surface area contributed by atoms with Gasteiger partial charge >= 0.3 is 5.97 Å². The summed E-state index contributed by atoms with van der Waals surface area (Å²) in [6, 6.07) is 5.74. The molecule has 19 heavy (non-hydrogen) atoms. The van der Waals surface area contributed by atoms with Gasteiger partial charge in [0.1, 0.15) is 5.75 Å². The number of benzene rings is 1. The molecule has 0 unspecified atom stereocenters. The summed E-state index contributed by atoms with van der Waals surface area (Å²) in [5.74, 6) is 0.0327. The van der Waals surface area contributed by atoms with Gasteiger partial charge < -0.3 is 9.84 Å². The van der Waals surface area contributed by atoms with Gasteiger partial charge in [0, 0.05) is 10.0 Å². The van der Waals surface area contributed by atoms with E-state index in [2.05, 4.69) is 15.9 Å². The van der Waals surface area contributed by atoms with Crippen LogP contribution in [0.5, 0.6) is 5.75 Å². The second kappa shape index (κ2) is 4.82. The van der Waals surface area contributed by atoms with Gasteiger partial charge in [-0.05, 0) is 50.3 Å². The molecule has 0 aromatic heterocycles. The van der Waals surface area contributed by atoms with Crippen molar-refractivity contribution in [3.8, 4) is 5.75 Å². The summed E-state index contributed by atoms with van der Waals surface area (Å²) in [5.41, 5.74) is 0.107. The molecule has 0 atom stereocenters. The maximum absolute atomic E-state index is 11.7. The SMILES string of the molecule is O=C(O)C1(c2cc(Br)ccc2OC2CCC2)CCC1. The van der Waals surface area contributed by atoms with Crippen LogP contribution in [0.3, 0.4) is 0 Å². The van der Waals surface area contributed by atoms with Gasteiger partial charge in [-0.25, -0.2) is 0 Å². The summed E-state index contributed by atoms with van der Waals surface area (Å²) in [5, 5.41) is 9.59. The number of hydrogen-bond acceptors (Lipinski definition) is 2. The van der Waals surface area contributed by atoms with Crippen molar-refractivity contribution in [1.29, 1.82) is 0 Å². The molecule has 0 bridgehead atoms. The number of hydrogen-bond donors (Lipinski definition) is 1. The van der Waals surface area contributed by atoms with E-state index in [0.717, 1.165) is 35.0 Å². The summed E-state index contributed by atoms with van der Waals surface area (Å²) >= 11 is 3.44. The molecular weight excluding hydrogens is 308 g/mol. The van der Waals surface area contributed by atoms with Crippen LogP contribution in [-0.2, 0) is 10.2 Å². The lowest BCUT2D eigenvalue weighted by Crippen LogP contribution is -2.43. The Morgan fingerprint density at radius 3 is 2.53 bits per heavy atom. The molecule has 3 rings (SSSR count). The summed E-state index contributed by atoms with van der Waals surface area (Å²) in [7, 11) is 0. The number of carbonyl (C=O) groups is 1. The van der Waals surface area contributed by atoms with Crippen LogP contribution in [0.4, 0.5) is 0 Å². The zero-order chi connectivity index (χ0) is 13.5. The van der Waals surface area contributed by atoms with Crippen LogP contribution in [0.2, 0.25) is 0 Å². The molecule has 4 heteroatoms.